The van der Waals surface area contributed by atoms with Gasteiger partial charge in [-0.05, 0) is 30.9 Å². The fraction of sp³-hybridized carbons (Fsp3) is 0.625. The maximum absolute atomic E-state index is 12.0. The molecule has 4 heteroatoms. The van der Waals surface area contributed by atoms with Crippen molar-refractivity contribution in [3.8, 4) is 0 Å². The van der Waals surface area contributed by atoms with E-state index in [1.54, 1.807) is 12.4 Å². The Labute approximate surface area is 120 Å². The molecular weight excluding hydrogens is 252 g/mol. The van der Waals surface area contributed by atoms with Gasteiger partial charge in [-0.15, -0.1) is 0 Å². The Balaban J connectivity index is 1.80. The molecule has 2 rings (SSSR count). The van der Waals surface area contributed by atoms with Crippen molar-refractivity contribution < 1.29 is 9.90 Å². The van der Waals surface area contributed by atoms with Crippen LogP contribution in [0, 0.1) is 5.92 Å². The summed E-state index contributed by atoms with van der Waals surface area (Å²) in [4.78, 5) is 16.1. The molecule has 0 aliphatic heterocycles. The lowest BCUT2D eigenvalue weighted by Gasteiger charge is -2.24. The minimum Gasteiger partial charge on any atom is -0.396 e. The fourth-order valence-corrected chi connectivity index (χ4v) is 2.88. The van der Waals surface area contributed by atoms with Crippen molar-refractivity contribution in [2.75, 3.05) is 6.61 Å². The second-order valence-corrected chi connectivity index (χ2v) is 5.62. The van der Waals surface area contributed by atoms with Crippen LogP contribution in [0.15, 0.2) is 24.5 Å². The van der Waals surface area contributed by atoms with E-state index in [2.05, 4.69) is 10.3 Å². The number of hydrogen-bond acceptors (Lipinski definition) is 3. The molecular formula is C16H24N2O2. The van der Waals surface area contributed by atoms with Crippen LogP contribution in [0.1, 0.15) is 44.1 Å². The highest BCUT2D eigenvalue weighted by Gasteiger charge is 2.24. The van der Waals surface area contributed by atoms with Gasteiger partial charge in [0.1, 0.15) is 0 Å². The number of rotatable bonds is 5. The quantitative estimate of drug-likeness (QED) is 0.809. The Kier molecular flexibility index (Phi) is 5.99. The van der Waals surface area contributed by atoms with Gasteiger partial charge in [-0.3, -0.25) is 9.78 Å². The summed E-state index contributed by atoms with van der Waals surface area (Å²) in [6.45, 7) is 0.174. The predicted molar refractivity (Wildman–Crippen MR) is 78.1 cm³/mol. The number of carbonyl (C=O) groups excluding carboxylic acids is 1. The topological polar surface area (TPSA) is 62.2 Å². The van der Waals surface area contributed by atoms with Gasteiger partial charge in [0.2, 0.25) is 5.91 Å². The van der Waals surface area contributed by atoms with Gasteiger partial charge in [0.05, 0.1) is 0 Å². The van der Waals surface area contributed by atoms with Gasteiger partial charge in [-0.25, -0.2) is 0 Å². The highest BCUT2D eigenvalue weighted by molar-refractivity contribution is 5.76. The molecule has 1 aliphatic carbocycles. The van der Waals surface area contributed by atoms with Crippen molar-refractivity contribution in [1.29, 1.82) is 0 Å². The first-order chi connectivity index (χ1) is 9.79. The molecule has 1 aromatic rings. The molecule has 1 heterocycles. The van der Waals surface area contributed by atoms with Gasteiger partial charge in [0, 0.05) is 37.4 Å². The maximum Gasteiger partial charge on any atom is 0.220 e. The van der Waals surface area contributed by atoms with E-state index in [1.807, 2.05) is 12.1 Å². The Morgan fingerprint density at radius 3 is 2.95 bits per heavy atom. The maximum atomic E-state index is 12.0. The number of aliphatic hydroxyl groups excluding tert-OH is 1. The van der Waals surface area contributed by atoms with E-state index in [0.717, 1.165) is 37.7 Å². The van der Waals surface area contributed by atoms with Gasteiger partial charge in [0.25, 0.3) is 0 Å². The van der Waals surface area contributed by atoms with E-state index in [4.69, 9.17) is 0 Å². The lowest BCUT2D eigenvalue weighted by Crippen LogP contribution is -2.41. The molecule has 2 N–H and O–H groups in total. The Morgan fingerprint density at radius 1 is 1.35 bits per heavy atom. The number of nitrogens with one attached hydrogen (secondary N) is 1. The second kappa shape index (κ2) is 8.00. The average Bonchev–Trinajstić information content (AvgIpc) is 2.71. The summed E-state index contributed by atoms with van der Waals surface area (Å²) < 4.78 is 0. The van der Waals surface area contributed by atoms with Crippen molar-refractivity contribution in [3.05, 3.63) is 30.1 Å². The molecule has 2 unspecified atom stereocenters. The number of nitrogens with zero attached hydrogens (tertiary/aromatic N) is 1. The van der Waals surface area contributed by atoms with Gasteiger partial charge in [-0.1, -0.05) is 25.3 Å². The van der Waals surface area contributed by atoms with Crippen LogP contribution in [-0.4, -0.2) is 28.6 Å². The summed E-state index contributed by atoms with van der Waals surface area (Å²) in [5, 5.41) is 12.6. The molecule has 0 radical (unpaired) electrons. The summed E-state index contributed by atoms with van der Waals surface area (Å²) >= 11 is 0. The minimum atomic E-state index is 0.0826. The van der Waals surface area contributed by atoms with Crippen LogP contribution in [0.4, 0.5) is 0 Å². The van der Waals surface area contributed by atoms with Crippen LogP contribution >= 0.6 is 0 Å². The monoisotopic (exact) mass is 276 g/mol. The summed E-state index contributed by atoms with van der Waals surface area (Å²) in [5.74, 6) is 0.305. The Bertz CT molecular complexity index is 408. The van der Waals surface area contributed by atoms with Gasteiger partial charge < -0.3 is 10.4 Å². The number of carbonyl (C=O) groups is 1. The number of amides is 1. The zero-order valence-corrected chi connectivity index (χ0v) is 11.9. The van der Waals surface area contributed by atoms with Crippen LogP contribution in [-0.2, 0) is 11.2 Å². The van der Waals surface area contributed by atoms with E-state index in [9.17, 15) is 9.90 Å². The van der Waals surface area contributed by atoms with Crippen molar-refractivity contribution >= 4 is 5.91 Å². The lowest BCUT2D eigenvalue weighted by molar-refractivity contribution is -0.122. The van der Waals surface area contributed by atoms with Gasteiger partial charge in [0.15, 0.2) is 0 Å². The molecule has 1 amide bonds. The van der Waals surface area contributed by atoms with Crippen LogP contribution in [0.25, 0.3) is 0 Å². The van der Waals surface area contributed by atoms with Crippen LogP contribution in [0.3, 0.4) is 0 Å². The molecule has 2 atom stereocenters. The average molecular weight is 276 g/mol. The molecule has 1 aromatic heterocycles. The van der Waals surface area contributed by atoms with E-state index in [0.29, 0.717) is 6.42 Å². The van der Waals surface area contributed by atoms with Crippen LogP contribution < -0.4 is 5.32 Å². The highest BCUT2D eigenvalue weighted by Crippen LogP contribution is 2.23. The third kappa shape index (κ3) is 4.60. The van der Waals surface area contributed by atoms with Gasteiger partial charge in [-0.2, -0.15) is 0 Å². The summed E-state index contributed by atoms with van der Waals surface area (Å²) in [6.07, 6.45) is 10.3. The molecule has 0 aromatic carbocycles. The fourth-order valence-electron chi connectivity index (χ4n) is 2.88. The van der Waals surface area contributed by atoms with Crippen molar-refractivity contribution in [2.45, 2.75) is 51.0 Å². The SMILES string of the molecule is O=C(CCc1cccnc1)NC1CCCCCC1CO. The highest BCUT2D eigenvalue weighted by atomic mass is 16.3. The smallest absolute Gasteiger partial charge is 0.220 e. The summed E-state index contributed by atoms with van der Waals surface area (Å²) in [6, 6.07) is 4.02. The van der Waals surface area contributed by atoms with E-state index >= 15 is 0 Å². The Morgan fingerprint density at radius 2 is 2.20 bits per heavy atom. The molecule has 0 spiro atoms. The van der Waals surface area contributed by atoms with Crippen molar-refractivity contribution in [2.24, 2.45) is 5.92 Å². The number of hydrogen-bond donors (Lipinski definition) is 2. The minimum absolute atomic E-state index is 0.0826. The normalized spacial score (nSPS) is 23.1. The molecule has 110 valence electrons. The third-order valence-electron chi connectivity index (χ3n) is 4.10. The molecule has 4 nitrogen and oxygen atoms in total. The molecule has 0 saturated heterocycles. The molecule has 1 saturated carbocycles. The first-order valence-corrected chi connectivity index (χ1v) is 7.58. The molecule has 1 fully saturated rings. The molecule has 20 heavy (non-hydrogen) atoms. The van der Waals surface area contributed by atoms with E-state index in [-0.39, 0.29) is 24.5 Å². The van der Waals surface area contributed by atoms with Crippen LogP contribution in [0.2, 0.25) is 0 Å². The molecule has 0 bridgehead atoms. The first-order valence-electron chi connectivity index (χ1n) is 7.58. The lowest BCUT2D eigenvalue weighted by atomic mass is 9.95. The summed E-state index contributed by atoms with van der Waals surface area (Å²) in [7, 11) is 0. The third-order valence-corrected chi connectivity index (χ3v) is 4.10. The number of aryl methyl sites for hydroxylation is 1. The molecule has 1 aliphatic rings. The zero-order chi connectivity index (χ0) is 14.2. The van der Waals surface area contributed by atoms with Crippen molar-refractivity contribution in [3.63, 3.8) is 0 Å². The van der Waals surface area contributed by atoms with E-state index in [1.165, 1.54) is 6.42 Å². The van der Waals surface area contributed by atoms with Crippen LogP contribution in [0.5, 0.6) is 0 Å². The Hall–Kier alpha value is -1.42. The second-order valence-electron chi connectivity index (χ2n) is 5.62. The number of pyridine rings is 1. The number of aromatic nitrogens is 1. The standard InChI is InChI=1S/C16H24N2O2/c19-12-14-6-2-1-3-7-15(14)18-16(20)9-8-13-5-4-10-17-11-13/h4-5,10-11,14-15,19H,1-3,6-9,12H2,(H,18,20). The van der Waals surface area contributed by atoms with Gasteiger partial charge >= 0.3 is 0 Å². The van der Waals surface area contributed by atoms with Crippen molar-refractivity contribution in [1.82, 2.24) is 10.3 Å². The zero-order valence-electron chi connectivity index (χ0n) is 11.9. The first kappa shape index (κ1) is 15.0. The number of aliphatic hydroxyl groups is 1. The predicted octanol–water partition coefficient (Wildman–Crippen LogP) is 2.07. The summed E-state index contributed by atoms with van der Waals surface area (Å²) in [5.41, 5.74) is 1.09. The van der Waals surface area contributed by atoms with E-state index < -0.39 is 0 Å². The largest absolute Gasteiger partial charge is 0.396 e.